The molecule has 0 amide bonds. The predicted molar refractivity (Wildman–Crippen MR) is 167 cm³/mol. The van der Waals surface area contributed by atoms with E-state index in [1.165, 1.54) is 0 Å². The van der Waals surface area contributed by atoms with Gasteiger partial charge in [-0.3, -0.25) is 0 Å². The summed E-state index contributed by atoms with van der Waals surface area (Å²) in [5, 5.41) is 23.1. The number of fused-ring (bicyclic) bond motifs is 6. The van der Waals surface area contributed by atoms with Gasteiger partial charge in [0.05, 0.1) is 23.3 Å². The molecular weight excluding hydrogens is 516 g/mol. The first kappa shape index (κ1) is 23.8. The molecule has 0 atom stereocenters. The first-order chi connectivity index (χ1) is 20.7. The van der Waals surface area contributed by atoms with Crippen molar-refractivity contribution < 1.29 is 8.83 Å². The van der Waals surface area contributed by atoms with Crippen LogP contribution in [0.15, 0.2) is 130 Å². The topological polar surface area (TPSA) is 73.9 Å². The van der Waals surface area contributed by atoms with Gasteiger partial charge in [0.25, 0.3) is 0 Å². The Morgan fingerprint density at radius 2 is 1.02 bits per heavy atom. The van der Waals surface area contributed by atoms with Crippen LogP contribution >= 0.6 is 0 Å². The van der Waals surface area contributed by atoms with E-state index in [4.69, 9.17) is 8.83 Å². The van der Waals surface area contributed by atoms with Crippen LogP contribution in [-0.4, -0.2) is 0 Å². The largest absolute Gasteiger partial charge is 0.456 e. The van der Waals surface area contributed by atoms with E-state index in [9.17, 15) is 10.5 Å². The van der Waals surface area contributed by atoms with Gasteiger partial charge in [-0.15, -0.1) is 0 Å². The van der Waals surface area contributed by atoms with Crippen LogP contribution in [0.25, 0.3) is 77.3 Å². The highest BCUT2D eigenvalue weighted by molar-refractivity contribution is 6.13. The number of nitriles is 2. The zero-order valence-corrected chi connectivity index (χ0v) is 22.3. The summed E-state index contributed by atoms with van der Waals surface area (Å²) in [6.45, 7) is 0. The molecule has 0 saturated heterocycles. The fourth-order valence-electron chi connectivity index (χ4n) is 5.93. The maximum Gasteiger partial charge on any atom is 0.136 e. The van der Waals surface area contributed by atoms with E-state index in [0.717, 1.165) is 77.3 Å². The van der Waals surface area contributed by atoms with Gasteiger partial charge in [-0.05, 0) is 106 Å². The number of furan rings is 2. The van der Waals surface area contributed by atoms with E-state index in [0.29, 0.717) is 11.1 Å². The van der Waals surface area contributed by atoms with Crippen LogP contribution in [0, 0.1) is 22.7 Å². The van der Waals surface area contributed by atoms with Gasteiger partial charge < -0.3 is 8.83 Å². The second kappa shape index (κ2) is 9.24. The first-order valence-electron chi connectivity index (χ1n) is 13.6. The van der Waals surface area contributed by atoms with Crippen LogP contribution in [0.4, 0.5) is 0 Å². The molecule has 0 aliphatic carbocycles. The number of para-hydroxylation sites is 1. The van der Waals surface area contributed by atoms with Crippen molar-refractivity contribution in [1.82, 2.24) is 0 Å². The number of nitrogens with zero attached hydrogens (tertiary/aromatic N) is 2. The van der Waals surface area contributed by atoms with Crippen LogP contribution in [0.2, 0.25) is 0 Å². The predicted octanol–water partition coefficient (Wildman–Crippen LogP) is 10.2. The van der Waals surface area contributed by atoms with E-state index >= 15 is 0 Å². The van der Waals surface area contributed by atoms with Crippen molar-refractivity contribution >= 4 is 43.9 Å². The Bertz CT molecular complexity index is 2450. The Hall–Kier alpha value is -6.10. The van der Waals surface area contributed by atoms with E-state index < -0.39 is 0 Å². The van der Waals surface area contributed by atoms with E-state index in [1.807, 2.05) is 72.8 Å². The Kier molecular flexibility index (Phi) is 5.22. The number of rotatable bonds is 3. The van der Waals surface area contributed by atoms with Gasteiger partial charge in [0.15, 0.2) is 0 Å². The van der Waals surface area contributed by atoms with Crippen LogP contribution in [0.3, 0.4) is 0 Å². The molecule has 0 bridgehead atoms. The summed E-state index contributed by atoms with van der Waals surface area (Å²) in [5.41, 5.74) is 10.6. The molecule has 0 aliphatic rings. The lowest BCUT2D eigenvalue weighted by Crippen LogP contribution is -1.88. The molecule has 8 aromatic rings. The fraction of sp³-hybridized carbons (Fsp3) is 0. The third-order valence-electron chi connectivity index (χ3n) is 7.90. The lowest BCUT2D eigenvalue weighted by atomic mass is 9.91. The minimum Gasteiger partial charge on any atom is -0.456 e. The van der Waals surface area contributed by atoms with Gasteiger partial charge in [-0.2, -0.15) is 10.5 Å². The van der Waals surface area contributed by atoms with E-state index in [2.05, 4.69) is 54.6 Å². The van der Waals surface area contributed by atoms with Gasteiger partial charge in [0, 0.05) is 21.5 Å². The standard InChI is InChI=1S/C38H20N2O2/c39-21-23-5-3-6-25(15-23)27-17-28(26-12-14-36-33(20-26)32-16-24(22-40)11-13-35(32)41-36)19-29(18-27)30-8-4-10-37-38(30)31-7-1-2-9-34(31)42-37/h1-20H. The molecule has 0 unspecified atom stereocenters. The van der Waals surface area contributed by atoms with Crippen molar-refractivity contribution in [2.75, 3.05) is 0 Å². The third-order valence-corrected chi connectivity index (χ3v) is 7.90. The van der Waals surface area contributed by atoms with Crippen LogP contribution < -0.4 is 0 Å². The average molecular weight is 537 g/mol. The Morgan fingerprint density at radius 3 is 1.86 bits per heavy atom. The van der Waals surface area contributed by atoms with Crippen molar-refractivity contribution in [2.24, 2.45) is 0 Å². The minimum absolute atomic E-state index is 0.595. The highest BCUT2D eigenvalue weighted by Crippen LogP contribution is 2.41. The molecule has 2 heterocycles. The minimum atomic E-state index is 0.595. The molecule has 0 spiro atoms. The second-order valence-electron chi connectivity index (χ2n) is 10.4. The third kappa shape index (κ3) is 3.75. The molecule has 194 valence electrons. The monoisotopic (exact) mass is 536 g/mol. The molecule has 0 aliphatic heterocycles. The van der Waals surface area contributed by atoms with Crippen molar-refractivity contribution in [2.45, 2.75) is 0 Å². The molecule has 42 heavy (non-hydrogen) atoms. The van der Waals surface area contributed by atoms with Crippen molar-refractivity contribution in [3.8, 4) is 45.5 Å². The Morgan fingerprint density at radius 1 is 0.405 bits per heavy atom. The molecule has 0 saturated carbocycles. The SMILES string of the molecule is N#Cc1cccc(-c2cc(-c3ccc4oc5ccc(C#N)cc5c4c3)cc(-c3cccc4oc5ccccc5c34)c2)c1. The van der Waals surface area contributed by atoms with E-state index in [1.54, 1.807) is 6.07 Å². The first-order valence-corrected chi connectivity index (χ1v) is 13.6. The second-order valence-corrected chi connectivity index (χ2v) is 10.4. The molecule has 6 aromatic carbocycles. The van der Waals surface area contributed by atoms with Crippen LogP contribution in [0.5, 0.6) is 0 Å². The normalized spacial score (nSPS) is 11.3. The lowest BCUT2D eigenvalue weighted by Gasteiger charge is -2.12. The molecule has 0 N–H and O–H groups in total. The Balaban J connectivity index is 1.40. The zero-order chi connectivity index (χ0) is 28.2. The lowest BCUT2D eigenvalue weighted by molar-refractivity contribution is 0.668. The number of benzene rings is 6. The van der Waals surface area contributed by atoms with Gasteiger partial charge in [0.2, 0.25) is 0 Å². The summed E-state index contributed by atoms with van der Waals surface area (Å²) in [6, 6.07) is 44.7. The highest BCUT2D eigenvalue weighted by Gasteiger charge is 2.16. The molecule has 0 fully saturated rings. The quantitative estimate of drug-likeness (QED) is 0.225. The maximum absolute atomic E-state index is 9.58. The number of hydrogen-bond donors (Lipinski definition) is 0. The Labute approximate surface area is 240 Å². The average Bonchev–Trinajstić information content (AvgIpc) is 3.62. The summed E-state index contributed by atoms with van der Waals surface area (Å²) in [7, 11) is 0. The summed E-state index contributed by atoms with van der Waals surface area (Å²) < 4.78 is 12.3. The van der Waals surface area contributed by atoms with Crippen molar-refractivity contribution in [3.63, 3.8) is 0 Å². The van der Waals surface area contributed by atoms with E-state index in [-0.39, 0.29) is 0 Å². The van der Waals surface area contributed by atoms with Gasteiger partial charge in [0.1, 0.15) is 22.3 Å². The molecule has 8 rings (SSSR count). The summed E-state index contributed by atoms with van der Waals surface area (Å²) >= 11 is 0. The fourth-order valence-corrected chi connectivity index (χ4v) is 5.93. The summed E-state index contributed by atoms with van der Waals surface area (Å²) in [5.74, 6) is 0. The highest BCUT2D eigenvalue weighted by atomic mass is 16.3. The molecule has 4 nitrogen and oxygen atoms in total. The molecule has 0 radical (unpaired) electrons. The number of hydrogen-bond acceptors (Lipinski definition) is 4. The zero-order valence-electron chi connectivity index (χ0n) is 22.3. The molecule has 2 aromatic heterocycles. The maximum atomic E-state index is 9.58. The van der Waals surface area contributed by atoms with Gasteiger partial charge in [-0.25, -0.2) is 0 Å². The summed E-state index contributed by atoms with van der Waals surface area (Å²) in [6.07, 6.45) is 0. The summed E-state index contributed by atoms with van der Waals surface area (Å²) in [4.78, 5) is 0. The van der Waals surface area contributed by atoms with Gasteiger partial charge >= 0.3 is 0 Å². The van der Waals surface area contributed by atoms with Crippen LogP contribution in [0.1, 0.15) is 11.1 Å². The van der Waals surface area contributed by atoms with Crippen molar-refractivity contribution in [3.05, 3.63) is 132 Å². The molecule has 4 heteroatoms. The molecular formula is C38H20N2O2. The van der Waals surface area contributed by atoms with Gasteiger partial charge in [-0.1, -0.05) is 48.5 Å². The van der Waals surface area contributed by atoms with Crippen LogP contribution in [-0.2, 0) is 0 Å². The smallest absolute Gasteiger partial charge is 0.136 e. The van der Waals surface area contributed by atoms with Crippen molar-refractivity contribution in [1.29, 1.82) is 10.5 Å².